The lowest BCUT2D eigenvalue weighted by atomic mass is 10.3. The zero-order valence-electron chi connectivity index (χ0n) is 9.41. The molecule has 1 aromatic carbocycles. The summed E-state index contributed by atoms with van der Waals surface area (Å²) in [5.74, 6) is -0.424. The van der Waals surface area contributed by atoms with Crippen LogP contribution in [0.15, 0.2) is 31.5 Å². The largest absolute Gasteiger partial charge is 0.398 e. The second-order valence-electron chi connectivity index (χ2n) is 3.46. The average molecular weight is 333 g/mol. The third-order valence-corrected chi connectivity index (χ3v) is 3.97. The smallest absolute Gasteiger partial charge is 0.343 e. The number of nitrogens with two attached hydrogens (primary N) is 1. The summed E-state index contributed by atoms with van der Waals surface area (Å²) >= 11 is 4.30. The molecule has 96 valence electrons. The first-order valence-electron chi connectivity index (χ1n) is 5.10. The fraction of sp³-hybridized carbons (Fsp3) is 0.200. The molecule has 1 heterocycles. The molecule has 0 saturated carbocycles. The van der Waals surface area contributed by atoms with Gasteiger partial charge < -0.3 is 5.73 Å². The van der Waals surface area contributed by atoms with Crippen molar-refractivity contribution in [2.75, 3.05) is 5.73 Å². The molecule has 0 unspecified atom stereocenters. The van der Waals surface area contributed by atoms with Crippen LogP contribution in [0.1, 0.15) is 6.92 Å². The van der Waals surface area contributed by atoms with E-state index in [0.29, 0.717) is 26.8 Å². The minimum absolute atomic E-state index is 0.278. The van der Waals surface area contributed by atoms with Crippen molar-refractivity contribution in [1.82, 2.24) is 14.8 Å². The molecule has 5 nitrogen and oxygen atoms in total. The number of hydrogen-bond donors (Lipinski definition) is 2. The SMILES string of the molecule is CCn1c(Sc2cc(Br)c(F)cc2N)n[nH]c1=O. The van der Waals surface area contributed by atoms with Gasteiger partial charge in [-0.2, -0.15) is 0 Å². The van der Waals surface area contributed by atoms with E-state index in [9.17, 15) is 9.18 Å². The van der Waals surface area contributed by atoms with E-state index in [-0.39, 0.29) is 5.69 Å². The standard InChI is InChI=1S/C10H10BrFN4OS/c1-2-16-9(17)14-15-10(16)18-8-3-5(11)6(12)4-7(8)13/h3-4H,2,13H2,1H3,(H,14,17). The number of halogens is 2. The Hall–Kier alpha value is -1.28. The highest BCUT2D eigenvalue weighted by atomic mass is 79.9. The molecule has 2 rings (SSSR count). The van der Waals surface area contributed by atoms with Gasteiger partial charge in [0.05, 0.1) is 4.47 Å². The maximum Gasteiger partial charge on any atom is 0.343 e. The highest BCUT2D eigenvalue weighted by Gasteiger charge is 2.12. The zero-order chi connectivity index (χ0) is 13.3. The van der Waals surface area contributed by atoms with Gasteiger partial charge in [-0.05, 0) is 46.7 Å². The lowest BCUT2D eigenvalue weighted by Crippen LogP contribution is -2.16. The lowest BCUT2D eigenvalue weighted by molar-refractivity contribution is 0.620. The number of nitrogens with one attached hydrogen (secondary N) is 1. The Bertz CT molecular complexity index is 639. The van der Waals surface area contributed by atoms with Crippen LogP contribution in [0.4, 0.5) is 10.1 Å². The predicted octanol–water partition coefficient (Wildman–Crippen LogP) is 2.23. The number of hydrogen-bond acceptors (Lipinski definition) is 4. The molecule has 0 amide bonds. The van der Waals surface area contributed by atoms with E-state index < -0.39 is 5.82 Å². The van der Waals surface area contributed by atoms with Crippen LogP contribution in [-0.2, 0) is 6.54 Å². The number of rotatable bonds is 3. The predicted molar refractivity (Wildman–Crippen MR) is 71.2 cm³/mol. The van der Waals surface area contributed by atoms with Crippen LogP contribution in [0.25, 0.3) is 0 Å². The Labute approximate surface area is 115 Å². The maximum absolute atomic E-state index is 13.2. The second kappa shape index (κ2) is 5.15. The zero-order valence-corrected chi connectivity index (χ0v) is 11.8. The fourth-order valence-electron chi connectivity index (χ4n) is 1.39. The highest BCUT2D eigenvalue weighted by molar-refractivity contribution is 9.10. The Morgan fingerprint density at radius 3 is 3.00 bits per heavy atom. The van der Waals surface area contributed by atoms with Gasteiger partial charge >= 0.3 is 5.69 Å². The van der Waals surface area contributed by atoms with Gasteiger partial charge in [-0.15, -0.1) is 5.10 Å². The number of nitrogen functional groups attached to an aromatic ring is 1. The van der Waals surface area contributed by atoms with Gasteiger partial charge in [0, 0.05) is 17.1 Å². The highest BCUT2D eigenvalue weighted by Crippen LogP contribution is 2.33. The van der Waals surface area contributed by atoms with Crippen LogP contribution >= 0.6 is 27.7 Å². The molecule has 0 spiro atoms. The van der Waals surface area contributed by atoms with E-state index in [1.807, 2.05) is 6.92 Å². The average Bonchev–Trinajstić information content (AvgIpc) is 2.67. The fourth-order valence-corrected chi connectivity index (χ4v) is 2.85. The number of H-pyrrole nitrogens is 1. The van der Waals surface area contributed by atoms with Gasteiger partial charge in [0.15, 0.2) is 5.16 Å². The van der Waals surface area contributed by atoms with E-state index in [0.717, 1.165) is 0 Å². The molecule has 0 radical (unpaired) electrons. The van der Waals surface area contributed by atoms with Gasteiger partial charge in [0.1, 0.15) is 5.82 Å². The molecular weight excluding hydrogens is 323 g/mol. The maximum atomic E-state index is 13.2. The van der Waals surface area contributed by atoms with Gasteiger partial charge in [0.25, 0.3) is 0 Å². The number of benzene rings is 1. The van der Waals surface area contributed by atoms with E-state index in [1.165, 1.54) is 22.4 Å². The lowest BCUT2D eigenvalue weighted by Gasteiger charge is -2.06. The number of aromatic nitrogens is 3. The van der Waals surface area contributed by atoms with Crippen LogP contribution in [0.3, 0.4) is 0 Å². The minimum atomic E-state index is -0.424. The van der Waals surface area contributed by atoms with Crippen LogP contribution < -0.4 is 11.4 Å². The molecule has 1 aromatic heterocycles. The van der Waals surface area contributed by atoms with Crippen molar-refractivity contribution in [3.63, 3.8) is 0 Å². The van der Waals surface area contributed by atoms with Gasteiger partial charge in [-0.3, -0.25) is 4.57 Å². The van der Waals surface area contributed by atoms with Crippen molar-refractivity contribution in [3.05, 3.63) is 32.9 Å². The summed E-state index contributed by atoms with van der Waals surface area (Å²) in [4.78, 5) is 12.0. The van der Waals surface area contributed by atoms with E-state index in [1.54, 1.807) is 6.07 Å². The van der Waals surface area contributed by atoms with E-state index >= 15 is 0 Å². The van der Waals surface area contributed by atoms with Crippen LogP contribution in [0.2, 0.25) is 0 Å². The molecule has 0 fully saturated rings. The van der Waals surface area contributed by atoms with Crippen molar-refractivity contribution >= 4 is 33.4 Å². The molecule has 18 heavy (non-hydrogen) atoms. The van der Waals surface area contributed by atoms with E-state index in [2.05, 4.69) is 26.1 Å². The summed E-state index contributed by atoms with van der Waals surface area (Å²) < 4.78 is 15.0. The minimum Gasteiger partial charge on any atom is -0.398 e. The van der Waals surface area contributed by atoms with Gasteiger partial charge in [0.2, 0.25) is 0 Å². The Kier molecular flexibility index (Phi) is 3.76. The van der Waals surface area contributed by atoms with Crippen molar-refractivity contribution in [1.29, 1.82) is 0 Å². The normalized spacial score (nSPS) is 10.8. The van der Waals surface area contributed by atoms with E-state index in [4.69, 9.17) is 5.73 Å². The van der Waals surface area contributed by atoms with Gasteiger partial charge in [-0.25, -0.2) is 14.3 Å². The summed E-state index contributed by atoms with van der Waals surface area (Å²) in [6, 6.07) is 2.79. The quantitative estimate of drug-likeness (QED) is 0.845. The molecule has 8 heteroatoms. The monoisotopic (exact) mass is 332 g/mol. The molecule has 2 aromatic rings. The Balaban J connectivity index is 2.40. The van der Waals surface area contributed by atoms with Crippen LogP contribution in [0.5, 0.6) is 0 Å². The van der Waals surface area contributed by atoms with Crippen molar-refractivity contribution in [2.45, 2.75) is 23.5 Å². The molecular formula is C10H10BrFN4OS. The first-order valence-corrected chi connectivity index (χ1v) is 6.71. The molecule has 0 atom stereocenters. The Morgan fingerprint density at radius 2 is 2.33 bits per heavy atom. The summed E-state index contributed by atoms with van der Waals surface area (Å²) in [6.07, 6.45) is 0. The number of nitrogens with zero attached hydrogens (tertiary/aromatic N) is 2. The number of anilines is 1. The molecule has 0 saturated heterocycles. The Morgan fingerprint density at radius 1 is 1.61 bits per heavy atom. The molecule has 0 aliphatic carbocycles. The third kappa shape index (κ3) is 2.44. The summed E-state index contributed by atoms with van der Waals surface area (Å²) in [7, 11) is 0. The molecule has 3 N–H and O–H groups in total. The topological polar surface area (TPSA) is 76.7 Å². The molecule has 0 aliphatic rings. The molecule has 0 aliphatic heterocycles. The van der Waals surface area contributed by atoms with Crippen LogP contribution in [0, 0.1) is 5.82 Å². The van der Waals surface area contributed by atoms with Gasteiger partial charge in [-0.1, -0.05) is 0 Å². The van der Waals surface area contributed by atoms with Crippen molar-refractivity contribution in [2.24, 2.45) is 0 Å². The second-order valence-corrected chi connectivity index (χ2v) is 5.33. The summed E-state index contributed by atoms with van der Waals surface area (Å²) in [6.45, 7) is 2.34. The molecule has 0 bridgehead atoms. The first kappa shape index (κ1) is 13.2. The summed E-state index contributed by atoms with van der Waals surface area (Å²) in [5.41, 5.74) is 5.76. The summed E-state index contributed by atoms with van der Waals surface area (Å²) in [5, 5.41) is 6.76. The first-order chi connectivity index (χ1) is 8.52. The van der Waals surface area contributed by atoms with Crippen molar-refractivity contribution in [3.8, 4) is 0 Å². The number of aromatic amines is 1. The van der Waals surface area contributed by atoms with Crippen LogP contribution in [-0.4, -0.2) is 14.8 Å². The third-order valence-electron chi connectivity index (χ3n) is 2.29. The van der Waals surface area contributed by atoms with Crippen molar-refractivity contribution < 1.29 is 4.39 Å².